The predicted octanol–water partition coefficient (Wildman–Crippen LogP) is 2.47. The molecule has 1 rings (SSSR count). The molecule has 1 fully saturated rings. The van der Waals surface area contributed by atoms with Crippen LogP contribution in [-0.4, -0.2) is 31.2 Å². The molecule has 0 amide bonds. The van der Waals surface area contributed by atoms with Gasteiger partial charge in [0.1, 0.15) is 12.1 Å². The Kier molecular flexibility index (Phi) is 5.79. The van der Waals surface area contributed by atoms with Crippen molar-refractivity contribution in [2.24, 2.45) is 0 Å². The molecule has 1 N–H and O–H groups in total. The van der Waals surface area contributed by atoms with Gasteiger partial charge in [-0.15, -0.1) is 0 Å². The van der Waals surface area contributed by atoms with E-state index in [4.69, 9.17) is 4.74 Å². The minimum absolute atomic E-state index is 0.221. The van der Waals surface area contributed by atoms with Gasteiger partial charge in [0.2, 0.25) is 0 Å². The van der Waals surface area contributed by atoms with Gasteiger partial charge in [-0.05, 0) is 32.2 Å². The van der Waals surface area contributed by atoms with E-state index < -0.39 is 18.6 Å². The highest BCUT2D eigenvalue weighted by Gasteiger charge is 2.36. The van der Waals surface area contributed by atoms with Gasteiger partial charge in [0, 0.05) is 6.42 Å². The summed E-state index contributed by atoms with van der Waals surface area (Å²) in [6, 6.07) is 2.29. The summed E-state index contributed by atoms with van der Waals surface area (Å²) >= 11 is 0. The Morgan fingerprint density at radius 3 is 2.94 bits per heavy atom. The van der Waals surface area contributed by atoms with Crippen LogP contribution in [0.4, 0.5) is 8.78 Å². The number of rotatable bonds is 6. The molecule has 98 valence electrons. The number of hydrogen-bond donors (Lipinski definition) is 1. The lowest BCUT2D eigenvalue weighted by atomic mass is 9.81. The quantitative estimate of drug-likeness (QED) is 0.783. The summed E-state index contributed by atoms with van der Waals surface area (Å²) in [6.07, 6.45) is 1.20. The normalized spacial score (nSPS) is 29.2. The fraction of sp³-hybridized carbons (Fsp3) is 0.917. The van der Waals surface area contributed by atoms with Crippen LogP contribution < -0.4 is 5.32 Å². The zero-order valence-corrected chi connectivity index (χ0v) is 10.2. The number of ether oxygens (including phenoxy) is 1. The van der Waals surface area contributed by atoms with Gasteiger partial charge in [0.05, 0.1) is 12.2 Å². The van der Waals surface area contributed by atoms with Crippen LogP contribution in [0.3, 0.4) is 0 Å². The third-order valence-electron chi connectivity index (χ3n) is 3.09. The molecule has 1 aliphatic carbocycles. The van der Waals surface area contributed by atoms with E-state index in [1.54, 1.807) is 0 Å². The fourth-order valence-electron chi connectivity index (χ4n) is 2.24. The molecule has 3 nitrogen and oxygen atoms in total. The number of nitriles is 1. The van der Waals surface area contributed by atoms with Gasteiger partial charge in [-0.1, -0.05) is 6.92 Å². The van der Waals surface area contributed by atoms with Crippen LogP contribution in [0, 0.1) is 11.3 Å². The van der Waals surface area contributed by atoms with E-state index in [9.17, 15) is 14.0 Å². The van der Waals surface area contributed by atoms with Crippen LogP contribution in [0.5, 0.6) is 0 Å². The predicted molar refractivity (Wildman–Crippen MR) is 60.8 cm³/mol. The number of alkyl halides is 2. The maximum absolute atomic E-state index is 12.1. The molecule has 0 radical (unpaired) electrons. The first-order valence-electron chi connectivity index (χ1n) is 6.18. The molecule has 0 aromatic rings. The lowest BCUT2D eigenvalue weighted by molar-refractivity contribution is -0.0463. The summed E-state index contributed by atoms with van der Waals surface area (Å²) in [5.74, 6) is 0. The fourth-order valence-corrected chi connectivity index (χ4v) is 2.24. The molecule has 2 atom stereocenters. The summed E-state index contributed by atoms with van der Waals surface area (Å²) < 4.78 is 29.3. The van der Waals surface area contributed by atoms with Gasteiger partial charge in [-0.2, -0.15) is 5.26 Å². The number of halogens is 2. The highest BCUT2D eigenvalue weighted by molar-refractivity contribution is 5.10. The van der Waals surface area contributed by atoms with Gasteiger partial charge < -0.3 is 4.74 Å². The monoisotopic (exact) mass is 246 g/mol. The van der Waals surface area contributed by atoms with E-state index >= 15 is 0 Å². The Morgan fingerprint density at radius 1 is 1.59 bits per heavy atom. The van der Waals surface area contributed by atoms with E-state index in [2.05, 4.69) is 11.4 Å². The molecule has 0 aliphatic heterocycles. The van der Waals surface area contributed by atoms with Crippen molar-refractivity contribution in [1.82, 2.24) is 5.32 Å². The first kappa shape index (κ1) is 14.3. The van der Waals surface area contributed by atoms with Crippen molar-refractivity contribution in [3.05, 3.63) is 0 Å². The van der Waals surface area contributed by atoms with E-state index in [1.807, 2.05) is 6.92 Å². The largest absolute Gasteiger partial charge is 0.372 e. The Bertz CT molecular complexity index is 268. The highest BCUT2D eigenvalue weighted by atomic mass is 19.3. The topological polar surface area (TPSA) is 45.0 Å². The molecule has 0 spiro atoms. The molecule has 0 heterocycles. The summed E-state index contributed by atoms with van der Waals surface area (Å²) in [4.78, 5) is 0. The molecule has 0 saturated heterocycles. The van der Waals surface area contributed by atoms with Crippen molar-refractivity contribution in [1.29, 1.82) is 5.26 Å². The van der Waals surface area contributed by atoms with Gasteiger partial charge in [0.25, 0.3) is 6.43 Å². The Morgan fingerprint density at radius 2 is 2.35 bits per heavy atom. The minimum atomic E-state index is -2.43. The smallest absolute Gasteiger partial charge is 0.261 e. The average molecular weight is 246 g/mol. The second-order valence-corrected chi connectivity index (χ2v) is 4.56. The molecule has 5 heteroatoms. The number of hydrogen-bond acceptors (Lipinski definition) is 3. The molecule has 1 aliphatic rings. The maximum Gasteiger partial charge on any atom is 0.261 e. The number of nitrogens with one attached hydrogen (secondary N) is 1. The van der Waals surface area contributed by atoms with Crippen LogP contribution in [0.2, 0.25) is 0 Å². The number of nitrogens with zero attached hydrogens (tertiary/aromatic N) is 1. The Hall–Kier alpha value is -0.730. The van der Waals surface area contributed by atoms with E-state index in [1.165, 1.54) is 0 Å². The lowest BCUT2D eigenvalue weighted by Gasteiger charge is -2.36. The van der Waals surface area contributed by atoms with Crippen molar-refractivity contribution in [2.75, 3.05) is 13.2 Å². The molecule has 0 aromatic carbocycles. The lowest BCUT2D eigenvalue weighted by Crippen LogP contribution is -2.49. The molecule has 0 aromatic heterocycles. The van der Waals surface area contributed by atoms with Gasteiger partial charge in [-0.25, -0.2) is 8.78 Å². The van der Waals surface area contributed by atoms with Crippen LogP contribution in [0.1, 0.15) is 39.0 Å². The van der Waals surface area contributed by atoms with Crippen LogP contribution >= 0.6 is 0 Å². The van der Waals surface area contributed by atoms with Crippen molar-refractivity contribution in [2.45, 2.75) is 57.1 Å². The van der Waals surface area contributed by atoms with Crippen molar-refractivity contribution in [3.63, 3.8) is 0 Å². The zero-order valence-electron chi connectivity index (χ0n) is 10.2. The summed E-state index contributed by atoms with van der Waals surface area (Å²) in [6.45, 7) is 2.28. The van der Waals surface area contributed by atoms with Crippen molar-refractivity contribution in [3.8, 4) is 6.07 Å². The first-order chi connectivity index (χ1) is 8.12. The third-order valence-corrected chi connectivity index (χ3v) is 3.09. The second kappa shape index (κ2) is 6.87. The molecule has 0 bridgehead atoms. The highest BCUT2D eigenvalue weighted by Crippen LogP contribution is 2.30. The van der Waals surface area contributed by atoms with Crippen molar-refractivity contribution >= 4 is 0 Å². The van der Waals surface area contributed by atoms with E-state index in [0.717, 1.165) is 32.2 Å². The van der Waals surface area contributed by atoms with Gasteiger partial charge >= 0.3 is 0 Å². The second-order valence-electron chi connectivity index (χ2n) is 4.56. The summed E-state index contributed by atoms with van der Waals surface area (Å²) in [5, 5.41) is 12.5. The van der Waals surface area contributed by atoms with E-state index in [0.29, 0.717) is 6.42 Å². The SMILES string of the molecule is CCCNC1(C#N)CCCC(OCC(F)F)C1. The Balaban J connectivity index is 2.48. The van der Waals surface area contributed by atoms with Crippen molar-refractivity contribution < 1.29 is 13.5 Å². The van der Waals surface area contributed by atoms with Gasteiger partial charge in [0.15, 0.2) is 0 Å². The molecular formula is C12H20F2N2O. The molecule has 17 heavy (non-hydrogen) atoms. The van der Waals surface area contributed by atoms with Gasteiger partial charge in [-0.3, -0.25) is 5.32 Å². The maximum atomic E-state index is 12.1. The third kappa shape index (κ3) is 4.57. The summed E-state index contributed by atoms with van der Waals surface area (Å²) in [5.41, 5.74) is -0.582. The van der Waals surface area contributed by atoms with Crippen LogP contribution in [-0.2, 0) is 4.74 Å². The Labute approximate surface area is 101 Å². The molecule has 1 saturated carbocycles. The molecular weight excluding hydrogens is 226 g/mol. The van der Waals surface area contributed by atoms with Crippen LogP contribution in [0.25, 0.3) is 0 Å². The average Bonchev–Trinajstić information content (AvgIpc) is 2.34. The summed E-state index contributed by atoms with van der Waals surface area (Å²) in [7, 11) is 0. The van der Waals surface area contributed by atoms with Crippen LogP contribution in [0.15, 0.2) is 0 Å². The first-order valence-corrected chi connectivity index (χ1v) is 6.18. The minimum Gasteiger partial charge on any atom is -0.372 e. The van der Waals surface area contributed by atoms with E-state index in [-0.39, 0.29) is 6.10 Å². The molecule has 2 unspecified atom stereocenters. The standard InChI is InChI=1S/C12H20F2N2O/c1-2-6-16-12(9-15)5-3-4-10(7-12)17-8-11(13)14/h10-11,16H,2-8H2,1H3. The zero-order chi connectivity index (χ0) is 12.7.